The average molecular weight is 428 g/mol. The maximum Gasteiger partial charge on any atom is 0.254 e. The molecule has 156 valence electrons. The fourth-order valence-electron chi connectivity index (χ4n) is 3.67. The number of rotatable bonds is 7. The molecule has 1 unspecified atom stereocenters. The maximum atomic E-state index is 13.7. The molecule has 1 aliphatic heterocycles. The first-order valence-electron chi connectivity index (χ1n) is 10.00. The summed E-state index contributed by atoms with van der Waals surface area (Å²) >= 11 is 6.31. The van der Waals surface area contributed by atoms with Crippen LogP contribution in [0, 0.1) is 5.82 Å². The maximum absolute atomic E-state index is 13.7. The minimum Gasteiger partial charge on any atom is -0.376 e. The minimum atomic E-state index is -0.432. The number of amides is 1. The predicted molar refractivity (Wildman–Crippen MR) is 113 cm³/mol. The van der Waals surface area contributed by atoms with E-state index in [-0.39, 0.29) is 12.0 Å². The highest BCUT2D eigenvalue weighted by molar-refractivity contribution is 6.31. The van der Waals surface area contributed by atoms with E-state index in [1.54, 1.807) is 23.2 Å². The van der Waals surface area contributed by atoms with Gasteiger partial charge in [0, 0.05) is 36.1 Å². The van der Waals surface area contributed by atoms with E-state index in [0.717, 1.165) is 24.2 Å². The van der Waals surface area contributed by atoms with Crippen molar-refractivity contribution in [3.8, 4) is 0 Å². The van der Waals surface area contributed by atoms with Gasteiger partial charge in [-0.2, -0.15) is 0 Å². The van der Waals surface area contributed by atoms with Crippen LogP contribution in [0.25, 0.3) is 0 Å². The molecule has 3 aromatic rings. The van der Waals surface area contributed by atoms with Gasteiger partial charge in [-0.15, -0.1) is 0 Å². The summed E-state index contributed by atoms with van der Waals surface area (Å²) in [4.78, 5) is 19.3. The molecule has 1 fully saturated rings. The van der Waals surface area contributed by atoms with Gasteiger partial charge >= 0.3 is 0 Å². The van der Waals surface area contributed by atoms with E-state index >= 15 is 0 Å². The normalized spacial score (nSPS) is 16.0. The number of hydrogen-bond donors (Lipinski definition) is 0. The van der Waals surface area contributed by atoms with Crippen LogP contribution in [-0.4, -0.2) is 39.6 Å². The number of hydrogen-bond acceptors (Lipinski definition) is 3. The molecule has 0 bridgehead atoms. The first kappa shape index (κ1) is 20.6. The molecule has 2 aromatic carbocycles. The van der Waals surface area contributed by atoms with E-state index in [4.69, 9.17) is 16.3 Å². The van der Waals surface area contributed by atoms with E-state index in [2.05, 4.69) is 4.98 Å². The summed E-state index contributed by atoms with van der Waals surface area (Å²) in [5, 5.41) is 0.684. The summed E-state index contributed by atoms with van der Waals surface area (Å²) in [6, 6.07) is 13.4. The Balaban J connectivity index is 1.57. The summed E-state index contributed by atoms with van der Waals surface area (Å²) in [5.41, 5.74) is 1.29. The summed E-state index contributed by atoms with van der Waals surface area (Å²) in [7, 11) is 0. The van der Waals surface area contributed by atoms with Crippen molar-refractivity contribution < 1.29 is 13.9 Å². The Labute approximate surface area is 180 Å². The largest absolute Gasteiger partial charge is 0.376 e. The molecule has 4 rings (SSSR count). The summed E-state index contributed by atoms with van der Waals surface area (Å²) in [5.74, 6) is 0.0631. The number of benzene rings is 2. The Morgan fingerprint density at radius 3 is 2.90 bits per heavy atom. The van der Waals surface area contributed by atoms with Crippen molar-refractivity contribution in [2.24, 2.45) is 0 Å². The number of halogens is 2. The van der Waals surface area contributed by atoms with Gasteiger partial charge in [-0.3, -0.25) is 4.79 Å². The van der Waals surface area contributed by atoms with Gasteiger partial charge in [0.25, 0.3) is 5.91 Å². The van der Waals surface area contributed by atoms with E-state index in [0.29, 0.717) is 36.8 Å². The summed E-state index contributed by atoms with van der Waals surface area (Å²) < 4.78 is 21.4. The van der Waals surface area contributed by atoms with E-state index in [1.165, 1.54) is 12.1 Å². The standard InChI is InChI=1S/C23H23ClFN3O2/c24-21-9-2-1-5-18(21)14-27-11-10-26-22(27)16-28(15-20-8-4-12-30-20)23(29)17-6-3-7-19(25)13-17/h1-3,5-7,9-11,13,20H,4,8,12,14-16H2. The number of ether oxygens (including phenoxy) is 1. The fraction of sp³-hybridized carbons (Fsp3) is 0.304. The molecule has 30 heavy (non-hydrogen) atoms. The molecule has 5 nitrogen and oxygen atoms in total. The Bertz CT molecular complexity index is 1020. The van der Waals surface area contributed by atoms with Crippen LogP contribution in [0.5, 0.6) is 0 Å². The highest BCUT2D eigenvalue weighted by Crippen LogP contribution is 2.20. The van der Waals surface area contributed by atoms with Crippen molar-refractivity contribution in [3.05, 3.63) is 88.7 Å². The van der Waals surface area contributed by atoms with Crippen molar-refractivity contribution in [2.75, 3.05) is 13.2 Å². The predicted octanol–water partition coefficient (Wildman–Crippen LogP) is 4.55. The van der Waals surface area contributed by atoms with Crippen LogP contribution >= 0.6 is 11.6 Å². The van der Waals surface area contributed by atoms with Crippen molar-refractivity contribution in [1.29, 1.82) is 0 Å². The minimum absolute atomic E-state index is 0.0190. The molecule has 1 saturated heterocycles. The van der Waals surface area contributed by atoms with Gasteiger partial charge < -0.3 is 14.2 Å². The van der Waals surface area contributed by atoms with Gasteiger partial charge in [-0.05, 0) is 42.7 Å². The van der Waals surface area contributed by atoms with Crippen molar-refractivity contribution >= 4 is 17.5 Å². The lowest BCUT2D eigenvalue weighted by Crippen LogP contribution is -2.37. The van der Waals surface area contributed by atoms with Crippen molar-refractivity contribution in [3.63, 3.8) is 0 Å². The first-order valence-corrected chi connectivity index (χ1v) is 10.4. The third-order valence-corrected chi connectivity index (χ3v) is 5.61. The van der Waals surface area contributed by atoms with Crippen molar-refractivity contribution in [1.82, 2.24) is 14.5 Å². The van der Waals surface area contributed by atoms with Crippen LogP contribution in [0.4, 0.5) is 4.39 Å². The molecular formula is C23H23ClFN3O2. The molecule has 7 heteroatoms. The Morgan fingerprint density at radius 1 is 1.27 bits per heavy atom. The highest BCUT2D eigenvalue weighted by Gasteiger charge is 2.25. The monoisotopic (exact) mass is 427 g/mol. The number of aromatic nitrogens is 2. The van der Waals surface area contributed by atoms with Crippen LogP contribution in [0.15, 0.2) is 60.9 Å². The van der Waals surface area contributed by atoms with Crippen LogP contribution in [0.3, 0.4) is 0 Å². The molecule has 1 aromatic heterocycles. The molecule has 1 aliphatic rings. The smallest absolute Gasteiger partial charge is 0.254 e. The van der Waals surface area contributed by atoms with Gasteiger partial charge in [0.15, 0.2) is 0 Å². The van der Waals surface area contributed by atoms with E-state index in [9.17, 15) is 9.18 Å². The lowest BCUT2D eigenvalue weighted by molar-refractivity contribution is 0.0498. The molecule has 0 spiro atoms. The fourth-order valence-corrected chi connectivity index (χ4v) is 3.87. The van der Waals surface area contributed by atoms with E-state index < -0.39 is 5.82 Å². The number of carbonyl (C=O) groups excluding carboxylic acids is 1. The summed E-state index contributed by atoms with van der Waals surface area (Å²) in [6.07, 6.45) is 5.45. The van der Waals surface area contributed by atoms with Crippen LogP contribution in [0.2, 0.25) is 5.02 Å². The molecule has 2 heterocycles. The Morgan fingerprint density at radius 2 is 2.13 bits per heavy atom. The van der Waals surface area contributed by atoms with Crippen LogP contribution in [0.1, 0.15) is 34.6 Å². The molecule has 0 N–H and O–H groups in total. The number of nitrogens with zero attached hydrogens (tertiary/aromatic N) is 3. The number of imidazole rings is 1. The summed E-state index contributed by atoms with van der Waals surface area (Å²) in [6.45, 7) is 1.99. The molecule has 1 amide bonds. The number of carbonyl (C=O) groups is 1. The van der Waals surface area contributed by atoms with Gasteiger partial charge in [0.05, 0.1) is 19.2 Å². The SMILES string of the molecule is O=C(c1cccc(F)c1)N(Cc1nccn1Cc1ccccc1Cl)CC1CCCO1. The Hall–Kier alpha value is -2.70. The zero-order valence-corrected chi connectivity index (χ0v) is 17.3. The second-order valence-electron chi connectivity index (χ2n) is 7.39. The molecule has 1 atom stereocenters. The first-order chi connectivity index (χ1) is 14.6. The van der Waals surface area contributed by atoms with E-state index in [1.807, 2.05) is 35.0 Å². The third kappa shape index (κ3) is 4.89. The highest BCUT2D eigenvalue weighted by atomic mass is 35.5. The lowest BCUT2D eigenvalue weighted by atomic mass is 10.1. The van der Waals surface area contributed by atoms with Gasteiger partial charge in [-0.25, -0.2) is 9.37 Å². The van der Waals surface area contributed by atoms with Crippen LogP contribution in [-0.2, 0) is 17.8 Å². The zero-order valence-electron chi connectivity index (χ0n) is 16.5. The lowest BCUT2D eigenvalue weighted by Gasteiger charge is -2.26. The molecule has 0 aliphatic carbocycles. The van der Waals surface area contributed by atoms with Crippen LogP contribution < -0.4 is 0 Å². The van der Waals surface area contributed by atoms with Gasteiger partial charge in [0.2, 0.25) is 0 Å². The molecule has 0 saturated carbocycles. The Kier molecular flexibility index (Phi) is 6.45. The van der Waals surface area contributed by atoms with Gasteiger partial charge in [-0.1, -0.05) is 35.9 Å². The van der Waals surface area contributed by atoms with Crippen molar-refractivity contribution in [2.45, 2.75) is 32.0 Å². The second-order valence-corrected chi connectivity index (χ2v) is 7.80. The topological polar surface area (TPSA) is 47.4 Å². The second kappa shape index (κ2) is 9.41. The van der Waals surface area contributed by atoms with Gasteiger partial charge in [0.1, 0.15) is 11.6 Å². The quantitative estimate of drug-likeness (QED) is 0.556. The molecular weight excluding hydrogens is 405 g/mol. The average Bonchev–Trinajstić information content (AvgIpc) is 3.41. The third-order valence-electron chi connectivity index (χ3n) is 5.24. The zero-order chi connectivity index (χ0) is 20.9. The molecule has 0 radical (unpaired) electrons.